The number of hydrogen-bond donors (Lipinski definition) is 1. The number of para-hydroxylation sites is 2. The Morgan fingerprint density at radius 3 is 2.83 bits per heavy atom. The van der Waals surface area contributed by atoms with Crippen LogP contribution in [0.3, 0.4) is 0 Å². The van der Waals surface area contributed by atoms with Crippen LogP contribution in [0, 0.1) is 0 Å². The molecule has 6 nitrogen and oxygen atoms in total. The second-order valence-corrected chi connectivity index (χ2v) is 5.59. The summed E-state index contributed by atoms with van der Waals surface area (Å²) >= 11 is 12.0. The van der Waals surface area contributed by atoms with Gasteiger partial charge < -0.3 is 9.73 Å². The second kappa shape index (κ2) is 5.57. The maximum absolute atomic E-state index is 6.13. The molecule has 0 aliphatic heterocycles. The molecule has 0 bridgehead atoms. The molecule has 0 saturated carbocycles. The van der Waals surface area contributed by atoms with E-state index in [0.29, 0.717) is 33.1 Å². The van der Waals surface area contributed by atoms with Crippen LogP contribution in [0.15, 0.2) is 53.3 Å². The van der Waals surface area contributed by atoms with E-state index in [1.165, 1.54) is 6.20 Å². The highest BCUT2D eigenvalue weighted by Gasteiger charge is 2.10. The van der Waals surface area contributed by atoms with Gasteiger partial charge in [-0.25, -0.2) is 9.67 Å². The first-order valence-electron chi connectivity index (χ1n) is 6.68. The first-order valence-corrected chi connectivity index (χ1v) is 7.43. The van der Waals surface area contributed by atoms with Gasteiger partial charge in [0, 0.05) is 6.20 Å². The molecule has 1 N–H and O–H groups in total. The molecular weight excluding hydrogens is 337 g/mol. The molecule has 114 valence electrons. The molecule has 4 rings (SSSR count). The number of nitrogens with zero attached hydrogens (tertiary/aromatic N) is 4. The number of anilines is 2. The van der Waals surface area contributed by atoms with Gasteiger partial charge in [0.15, 0.2) is 11.4 Å². The summed E-state index contributed by atoms with van der Waals surface area (Å²) in [6.07, 6.45) is 4.87. The summed E-state index contributed by atoms with van der Waals surface area (Å²) in [5.74, 6) is 0.488. The number of pyridine rings is 1. The average molecular weight is 346 g/mol. The summed E-state index contributed by atoms with van der Waals surface area (Å²) in [7, 11) is 0. The summed E-state index contributed by atoms with van der Waals surface area (Å²) in [4.78, 5) is 8.52. The number of oxazole rings is 1. The molecular formula is C15H9Cl2N5O. The Hall–Kier alpha value is -2.57. The Balaban J connectivity index is 1.62. The lowest BCUT2D eigenvalue weighted by Crippen LogP contribution is -1.98. The smallest absolute Gasteiger partial charge is 0.300 e. The third kappa shape index (κ3) is 2.74. The Labute approximate surface area is 140 Å². The van der Waals surface area contributed by atoms with E-state index >= 15 is 0 Å². The van der Waals surface area contributed by atoms with E-state index in [1.54, 1.807) is 23.1 Å². The van der Waals surface area contributed by atoms with Crippen LogP contribution in [-0.4, -0.2) is 19.7 Å². The zero-order valence-corrected chi connectivity index (χ0v) is 13.1. The van der Waals surface area contributed by atoms with Gasteiger partial charge in [-0.2, -0.15) is 10.1 Å². The van der Waals surface area contributed by atoms with Crippen molar-refractivity contribution in [3.63, 3.8) is 0 Å². The van der Waals surface area contributed by atoms with Gasteiger partial charge in [-0.15, -0.1) is 0 Å². The molecule has 0 spiro atoms. The van der Waals surface area contributed by atoms with E-state index in [0.717, 1.165) is 5.52 Å². The van der Waals surface area contributed by atoms with Crippen LogP contribution >= 0.6 is 23.2 Å². The van der Waals surface area contributed by atoms with Crippen molar-refractivity contribution in [2.45, 2.75) is 0 Å². The van der Waals surface area contributed by atoms with Gasteiger partial charge in [0.25, 0.3) is 6.01 Å². The normalized spacial score (nSPS) is 11.0. The fourth-order valence-electron chi connectivity index (χ4n) is 2.13. The van der Waals surface area contributed by atoms with Crippen LogP contribution in [0.4, 0.5) is 11.7 Å². The van der Waals surface area contributed by atoms with E-state index in [1.807, 2.05) is 24.3 Å². The summed E-state index contributed by atoms with van der Waals surface area (Å²) < 4.78 is 7.15. The maximum Gasteiger partial charge on any atom is 0.300 e. The molecule has 1 aromatic carbocycles. The lowest BCUT2D eigenvalue weighted by atomic mass is 10.3. The number of fused-ring (bicyclic) bond motifs is 1. The highest BCUT2D eigenvalue weighted by atomic mass is 35.5. The Morgan fingerprint density at radius 2 is 2.00 bits per heavy atom. The monoisotopic (exact) mass is 345 g/mol. The Bertz CT molecular complexity index is 961. The molecule has 0 fully saturated rings. The van der Waals surface area contributed by atoms with Gasteiger partial charge >= 0.3 is 0 Å². The number of rotatable bonds is 3. The van der Waals surface area contributed by atoms with Crippen molar-refractivity contribution in [1.82, 2.24) is 19.7 Å². The molecule has 0 aliphatic carbocycles. The first-order chi connectivity index (χ1) is 11.2. The lowest BCUT2D eigenvalue weighted by molar-refractivity contribution is 0.623. The number of aromatic nitrogens is 4. The van der Waals surface area contributed by atoms with Gasteiger partial charge in [0.1, 0.15) is 5.52 Å². The molecule has 0 unspecified atom stereocenters. The van der Waals surface area contributed by atoms with Gasteiger partial charge in [-0.3, -0.25) is 0 Å². The van der Waals surface area contributed by atoms with Crippen molar-refractivity contribution >= 4 is 46.0 Å². The standard InChI is InChI=1S/C15H9Cl2N5O/c16-9-5-11(17)14(18-6-9)22-8-10(7-19-22)20-15-21-12-3-1-2-4-13(12)23-15/h1-8H,(H,20,21). The third-order valence-corrected chi connectivity index (χ3v) is 3.62. The van der Waals surface area contributed by atoms with E-state index in [2.05, 4.69) is 20.4 Å². The topological polar surface area (TPSA) is 68.8 Å². The fraction of sp³-hybridized carbons (Fsp3) is 0. The van der Waals surface area contributed by atoms with E-state index in [9.17, 15) is 0 Å². The van der Waals surface area contributed by atoms with Crippen molar-refractivity contribution < 1.29 is 4.42 Å². The van der Waals surface area contributed by atoms with E-state index in [4.69, 9.17) is 27.6 Å². The van der Waals surface area contributed by atoms with E-state index < -0.39 is 0 Å². The fourth-order valence-corrected chi connectivity index (χ4v) is 2.59. The van der Waals surface area contributed by atoms with Crippen molar-refractivity contribution in [2.75, 3.05) is 5.32 Å². The zero-order chi connectivity index (χ0) is 15.8. The van der Waals surface area contributed by atoms with E-state index in [-0.39, 0.29) is 0 Å². The minimum Gasteiger partial charge on any atom is -0.423 e. The lowest BCUT2D eigenvalue weighted by Gasteiger charge is -2.02. The van der Waals surface area contributed by atoms with Crippen LogP contribution in [0.5, 0.6) is 0 Å². The number of halogens is 2. The second-order valence-electron chi connectivity index (χ2n) is 4.74. The van der Waals surface area contributed by atoms with Crippen LogP contribution < -0.4 is 5.32 Å². The van der Waals surface area contributed by atoms with Crippen molar-refractivity contribution in [2.24, 2.45) is 0 Å². The average Bonchev–Trinajstić information content (AvgIpc) is 3.13. The van der Waals surface area contributed by atoms with Crippen LogP contribution in [0.1, 0.15) is 0 Å². The maximum atomic E-state index is 6.13. The first kappa shape index (κ1) is 14.0. The van der Waals surface area contributed by atoms with Crippen LogP contribution in [-0.2, 0) is 0 Å². The minimum atomic E-state index is 0.390. The van der Waals surface area contributed by atoms with Crippen molar-refractivity contribution in [3.05, 3.63) is 59.0 Å². The molecule has 0 aliphatic rings. The van der Waals surface area contributed by atoms with Crippen LogP contribution in [0.25, 0.3) is 16.9 Å². The highest BCUT2D eigenvalue weighted by molar-refractivity contribution is 6.35. The molecule has 23 heavy (non-hydrogen) atoms. The van der Waals surface area contributed by atoms with Gasteiger partial charge in [0.2, 0.25) is 0 Å². The molecule has 0 radical (unpaired) electrons. The molecule has 4 aromatic rings. The SMILES string of the molecule is Clc1cnc(-n2cc(Nc3nc4ccccc4o3)cn2)c(Cl)c1. The predicted molar refractivity (Wildman–Crippen MR) is 88.7 cm³/mol. The third-order valence-electron chi connectivity index (χ3n) is 3.13. The molecule has 0 amide bonds. The number of benzene rings is 1. The Morgan fingerprint density at radius 1 is 1.13 bits per heavy atom. The largest absolute Gasteiger partial charge is 0.423 e. The summed E-state index contributed by atoms with van der Waals surface area (Å²) in [6.45, 7) is 0. The summed E-state index contributed by atoms with van der Waals surface area (Å²) in [5.41, 5.74) is 2.19. The summed E-state index contributed by atoms with van der Waals surface area (Å²) in [5, 5.41) is 8.16. The van der Waals surface area contributed by atoms with Crippen molar-refractivity contribution in [1.29, 1.82) is 0 Å². The zero-order valence-electron chi connectivity index (χ0n) is 11.6. The van der Waals surface area contributed by atoms with Crippen molar-refractivity contribution in [3.8, 4) is 5.82 Å². The van der Waals surface area contributed by atoms with Gasteiger partial charge in [-0.05, 0) is 18.2 Å². The molecule has 0 atom stereocenters. The minimum absolute atomic E-state index is 0.390. The van der Waals surface area contributed by atoms with Gasteiger partial charge in [0.05, 0.1) is 28.1 Å². The summed E-state index contributed by atoms with van der Waals surface area (Å²) in [6, 6.07) is 9.53. The number of nitrogens with one attached hydrogen (secondary N) is 1. The quantitative estimate of drug-likeness (QED) is 0.593. The van der Waals surface area contributed by atoms with Gasteiger partial charge in [-0.1, -0.05) is 35.3 Å². The molecule has 8 heteroatoms. The molecule has 3 aromatic heterocycles. The highest BCUT2D eigenvalue weighted by Crippen LogP contribution is 2.24. The Kier molecular flexibility index (Phi) is 3.40. The molecule has 0 saturated heterocycles. The van der Waals surface area contributed by atoms with Crippen LogP contribution in [0.2, 0.25) is 10.0 Å². The molecule has 3 heterocycles. The number of hydrogen-bond acceptors (Lipinski definition) is 5. The predicted octanol–water partition coefficient (Wildman–Crippen LogP) is 4.46.